The van der Waals surface area contributed by atoms with E-state index in [1.54, 1.807) is 18.2 Å². The van der Waals surface area contributed by atoms with Crippen molar-refractivity contribution in [3.05, 3.63) is 35.6 Å². The molecule has 3 nitrogen and oxygen atoms in total. The summed E-state index contributed by atoms with van der Waals surface area (Å²) < 4.78 is 13.3. The van der Waals surface area contributed by atoms with E-state index in [-0.39, 0.29) is 12.4 Å². The van der Waals surface area contributed by atoms with Crippen molar-refractivity contribution in [2.45, 2.75) is 5.25 Å². The molecule has 0 saturated carbocycles. The fraction of sp³-hybridized carbons (Fsp3) is 0.200. The van der Waals surface area contributed by atoms with E-state index in [0.29, 0.717) is 10.6 Å². The molecule has 15 heavy (non-hydrogen) atoms. The number of carboxylic acids is 1. The maximum Gasteiger partial charge on any atom is 0.318 e. The summed E-state index contributed by atoms with van der Waals surface area (Å²) in [5.41, 5.74) is 0.381. The summed E-state index contributed by atoms with van der Waals surface area (Å²) in [7, 11) is 0. The van der Waals surface area contributed by atoms with Gasteiger partial charge in [-0.3, -0.25) is 9.79 Å². The Morgan fingerprint density at radius 1 is 1.53 bits per heavy atom. The highest BCUT2D eigenvalue weighted by molar-refractivity contribution is 8.15. The maximum absolute atomic E-state index is 13.3. The number of nitrogens with zero attached hydrogens (tertiary/aromatic N) is 1. The fourth-order valence-corrected chi connectivity index (χ4v) is 2.25. The molecule has 1 atom stereocenters. The van der Waals surface area contributed by atoms with Crippen molar-refractivity contribution in [1.29, 1.82) is 0 Å². The smallest absolute Gasteiger partial charge is 0.318 e. The molecule has 78 valence electrons. The van der Waals surface area contributed by atoms with Crippen LogP contribution in [0.5, 0.6) is 0 Å². The van der Waals surface area contributed by atoms with Gasteiger partial charge in [-0.2, -0.15) is 0 Å². The second kappa shape index (κ2) is 4.02. The van der Waals surface area contributed by atoms with Crippen LogP contribution in [0.1, 0.15) is 5.56 Å². The Balaban J connectivity index is 2.21. The van der Waals surface area contributed by atoms with Crippen molar-refractivity contribution >= 4 is 22.8 Å². The Kier molecular flexibility index (Phi) is 2.73. The second-order valence-corrected chi connectivity index (χ2v) is 4.26. The molecule has 0 bridgehead atoms. The zero-order valence-corrected chi connectivity index (χ0v) is 8.50. The van der Waals surface area contributed by atoms with E-state index < -0.39 is 11.2 Å². The van der Waals surface area contributed by atoms with E-state index in [4.69, 9.17) is 5.11 Å². The summed E-state index contributed by atoms with van der Waals surface area (Å²) in [5.74, 6) is -1.27. The molecule has 1 aliphatic rings. The predicted molar refractivity (Wildman–Crippen MR) is 56.8 cm³/mol. The number of halogens is 1. The number of carbonyl (C=O) groups is 1. The molecule has 0 aromatic heterocycles. The van der Waals surface area contributed by atoms with E-state index in [1.807, 2.05) is 0 Å². The van der Waals surface area contributed by atoms with E-state index in [2.05, 4.69) is 4.99 Å². The first-order valence-corrected chi connectivity index (χ1v) is 5.25. The lowest BCUT2D eigenvalue weighted by Gasteiger charge is -2.03. The molecule has 1 N–H and O–H groups in total. The zero-order chi connectivity index (χ0) is 10.8. The average molecular weight is 225 g/mol. The summed E-state index contributed by atoms with van der Waals surface area (Å²) in [6.45, 7) is 0.212. The van der Waals surface area contributed by atoms with Gasteiger partial charge in [0.2, 0.25) is 0 Å². The minimum atomic E-state index is -0.907. The molecular weight excluding hydrogens is 217 g/mol. The van der Waals surface area contributed by atoms with Crippen molar-refractivity contribution in [2.24, 2.45) is 4.99 Å². The lowest BCUT2D eigenvalue weighted by atomic mass is 10.2. The Morgan fingerprint density at radius 3 is 2.87 bits per heavy atom. The molecule has 0 aliphatic carbocycles. The largest absolute Gasteiger partial charge is 0.480 e. The molecule has 0 fully saturated rings. The van der Waals surface area contributed by atoms with E-state index >= 15 is 0 Å². The highest BCUT2D eigenvalue weighted by Crippen LogP contribution is 2.26. The first kappa shape index (κ1) is 10.2. The first-order chi connectivity index (χ1) is 7.18. The Labute approximate surface area is 90.0 Å². The molecule has 1 aromatic rings. The van der Waals surface area contributed by atoms with Crippen molar-refractivity contribution in [3.8, 4) is 0 Å². The second-order valence-electron chi connectivity index (χ2n) is 3.07. The molecule has 2 rings (SSSR count). The first-order valence-electron chi connectivity index (χ1n) is 4.37. The highest BCUT2D eigenvalue weighted by Gasteiger charge is 2.27. The van der Waals surface area contributed by atoms with Crippen LogP contribution < -0.4 is 0 Å². The van der Waals surface area contributed by atoms with Crippen molar-refractivity contribution in [2.75, 3.05) is 6.54 Å². The molecule has 0 spiro atoms. The molecule has 1 aromatic carbocycles. The molecular formula is C10H8FNO2S. The third-order valence-corrected chi connectivity index (χ3v) is 3.24. The van der Waals surface area contributed by atoms with Gasteiger partial charge in [0.1, 0.15) is 16.1 Å². The Hall–Kier alpha value is -1.36. The van der Waals surface area contributed by atoms with Crippen LogP contribution in [0, 0.1) is 5.82 Å². The fourth-order valence-electron chi connectivity index (χ4n) is 1.29. The minimum absolute atomic E-state index is 0.212. The highest BCUT2D eigenvalue weighted by atomic mass is 32.2. The summed E-state index contributed by atoms with van der Waals surface area (Å²) in [4.78, 5) is 14.7. The number of aliphatic imine (C=N–C) groups is 1. The van der Waals surface area contributed by atoms with E-state index in [1.165, 1.54) is 6.07 Å². The van der Waals surface area contributed by atoms with Crippen molar-refractivity contribution in [1.82, 2.24) is 0 Å². The van der Waals surface area contributed by atoms with Gasteiger partial charge in [0.05, 0.1) is 6.54 Å². The van der Waals surface area contributed by atoms with Crippen LogP contribution in [0.2, 0.25) is 0 Å². The van der Waals surface area contributed by atoms with Crippen LogP contribution in [0.4, 0.5) is 4.39 Å². The van der Waals surface area contributed by atoms with Crippen LogP contribution >= 0.6 is 11.8 Å². The SMILES string of the molecule is O=C(O)C1CN=C(c2ccccc2F)S1. The normalized spacial score (nSPS) is 20.1. The Bertz CT molecular complexity index is 433. The van der Waals surface area contributed by atoms with Gasteiger partial charge in [-0.1, -0.05) is 23.9 Å². The third-order valence-electron chi connectivity index (χ3n) is 2.03. The number of hydrogen-bond donors (Lipinski definition) is 1. The van der Waals surface area contributed by atoms with Crippen LogP contribution in [0.25, 0.3) is 0 Å². The van der Waals surface area contributed by atoms with Gasteiger partial charge in [-0.05, 0) is 12.1 Å². The van der Waals surface area contributed by atoms with Crippen molar-refractivity contribution in [3.63, 3.8) is 0 Å². The minimum Gasteiger partial charge on any atom is -0.480 e. The Morgan fingerprint density at radius 2 is 2.27 bits per heavy atom. The van der Waals surface area contributed by atoms with Gasteiger partial charge in [-0.15, -0.1) is 0 Å². The lowest BCUT2D eigenvalue weighted by molar-refractivity contribution is -0.136. The van der Waals surface area contributed by atoms with Crippen LogP contribution in [-0.2, 0) is 4.79 Å². The number of thioether (sulfide) groups is 1. The van der Waals surface area contributed by atoms with Gasteiger partial charge >= 0.3 is 5.97 Å². The molecule has 5 heteroatoms. The van der Waals surface area contributed by atoms with E-state index in [0.717, 1.165) is 11.8 Å². The number of carboxylic acid groups (broad SMARTS) is 1. The quantitative estimate of drug-likeness (QED) is 0.834. The van der Waals surface area contributed by atoms with Crippen LogP contribution in [-0.4, -0.2) is 27.9 Å². The number of aliphatic carboxylic acids is 1. The molecule has 0 radical (unpaired) electrons. The summed E-state index contributed by atoms with van der Waals surface area (Å²) in [6.07, 6.45) is 0. The van der Waals surface area contributed by atoms with Gasteiger partial charge in [-0.25, -0.2) is 4.39 Å². The van der Waals surface area contributed by atoms with E-state index in [9.17, 15) is 9.18 Å². The van der Waals surface area contributed by atoms with Gasteiger partial charge in [0, 0.05) is 5.56 Å². The number of hydrogen-bond acceptors (Lipinski definition) is 3. The van der Waals surface area contributed by atoms with Crippen molar-refractivity contribution < 1.29 is 14.3 Å². The number of rotatable bonds is 2. The third kappa shape index (κ3) is 2.02. The molecule has 0 saturated heterocycles. The van der Waals surface area contributed by atoms with Gasteiger partial charge in [0.15, 0.2) is 0 Å². The lowest BCUT2D eigenvalue weighted by Crippen LogP contribution is -2.16. The average Bonchev–Trinajstić information content (AvgIpc) is 2.67. The molecule has 1 aliphatic heterocycles. The molecule has 1 unspecified atom stereocenters. The predicted octanol–water partition coefficient (Wildman–Crippen LogP) is 1.77. The number of benzene rings is 1. The molecule has 0 amide bonds. The summed E-state index contributed by atoms with van der Waals surface area (Å²) in [5, 5.41) is 8.65. The monoisotopic (exact) mass is 225 g/mol. The zero-order valence-electron chi connectivity index (χ0n) is 7.68. The topological polar surface area (TPSA) is 49.7 Å². The van der Waals surface area contributed by atoms with Crippen LogP contribution in [0.15, 0.2) is 29.3 Å². The summed E-state index contributed by atoms with van der Waals surface area (Å²) in [6, 6.07) is 6.24. The van der Waals surface area contributed by atoms with Gasteiger partial charge in [0.25, 0.3) is 0 Å². The van der Waals surface area contributed by atoms with Gasteiger partial charge < -0.3 is 5.11 Å². The standard InChI is InChI=1S/C10H8FNO2S/c11-7-4-2-1-3-6(7)9-12-5-8(15-9)10(13)14/h1-4,8H,5H2,(H,13,14). The maximum atomic E-state index is 13.3. The van der Waals surface area contributed by atoms with Crippen LogP contribution in [0.3, 0.4) is 0 Å². The summed E-state index contributed by atoms with van der Waals surface area (Å²) >= 11 is 1.10. The molecule has 1 heterocycles.